The third kappa shape index (κ3) is 3.03. The summed E-state index contributed by atoms with van der Waals surface area (Å²) in [6.45, 7) is 10.1. The molecule has 1 aliphatic rings. The van der Waals surface area contributed by atoms with Gasteiger partial charge in [-0.15, -0.1) is 0 Å². The highest BCUT2D eigenvalue weighted by atomic mass is 15.2. The fourth-order valence-corrected chi connectivity index (χ4v) is 3.32. The SMILES string of the molecule is CCC1CCCC(CN)(N(C)C(C)(C)CC)C1. The van der Waals surface area contributed by atoms with Crippen LogP contribution in [0.5, 0.6) is 0 Å². The number of rotatable bonds is 5. The molecule has 0 aliphatic heterocycles. The second-order valence-corrected chi connectivity index (χ2v) is 6.52. The van der Waals surface area contributed by atoms with E-state index < -0.39 is 0 Å². The summed E-state index contributed by atoms with van der Waals surface area (Å²) >= 11 is 0. The Hall–Kier alpha value is -0.0800. The highest BCUT2D eigenvalue weighted by molar-refractivity contribution is 4.99. The topological polar surface area (TPSA) is 29.3 Å². The standard InChI is InChI=1S/C15H32N2/c1-6-13-9-8-10-15(11-13,12-16)17(5)14(3,4)7-2/h13H,6-12,16H2,1-5H3. The maximum atomic E-state index is 6.17. The van der Waals surface area contributed by atoms with Gasteiger partial charge in [0.1, 0.15) is 0 Å². The van der Waals surface area contributed by atoms with Gasteiger partial charge in [0.25, 0.3) is 0 Å². The minimum Gasteiger partial charge on any atom is -0.329 e. The molecule has 2 heteroatoms. The van der Waals surface area contributed by atoms with Gasteiger partial charge in [0, 0.05) is 17.6 Å². The second-order valence-electron chi connectivity index (χ2n) is 6.52. The second kappa shape index (κ2) is 5.71. The normalized spacial score (nSPS) is 30.9. The summed E-state index contributed by atoms with van der Waals surface area (Å²) in [5.41, 5.74) is 6.67. The molecular formula is C15H32N2. The Morgan fingerprint density at radius 2 is 2.00 bits per heavy atom. The number of hydrogen-bond donors (Lipinski definition) is 1. The summed E-state index contributed by atoms with van der Waals surface area (Å²) in [6, 6.07) is 0. The number of hydrogen-bond acceptors (Lipinski definition) is 2. The Bertz CT molecular complexity index is 237. The molecule has 102 valence electrons. The lowest BCUT2D eigenvalue weighted by atomic mass is 9.72. The van der Waals surface area contributed by atoms with Crippen molar-refractivity contribution < 1.29 is 0 Å². The van der Waals surface area contributed by atoms with Crippen molar-refractivity contribution in [1.29, 1.82) is 0 Å². The van der Waals surface area contributed by atoms with E-state index >= 15 is 0 Å². The van der Waals surface area contributed by atoms with Gasteiger partial charge in [-0.05, 0) is 46.1 Å². The van der Waals surface area contributed by atoms with E-state index in [-0.39, 0.29) is 11.1 Å². The summed E-state index contributed by atoms with van der Waals surface area (Å²) in [4.78, 5) is 2.59. The van der Waals surface area contributed by atoms with Crippen LogP contribution in [-0.2, 0) is 0 Å². The molecule has 0 saturated heterocycles. The van der Waals surface area contributed by atoms with Gasteiger partial charge in [-0.25, -0.2) is 0 Å². The van der Waals surface area contributed by atoms with Gasteiger partial charge in [-0.3, -0.25) is 4.90 Å². The number of nitrogens with two attached hydrogens (primary N) is 1. The lowest BCUT2D eigenvalue weighted by molar-refractivity contribution is -0.0158. The van der Waals surface area contributed by atoms with Crippen molar-refractivity contribution >= 4 is 0 Å². The van der Waals surface area contributed by atoms with Crippen molar-refractivity contribution in [2.45, 2.75) is 77.3 Å². The Morgan fingerprint density at radius 1 is 1.35 bits per heavy atom. The van der Waals surface area contributed by atoms with Gasteiger partial charge >= 0.3 is 0 Å². The van der Waals surface area contributed by atoms with E-state index in [1.54, 1.807) is 0 Å². The molecule has 0 spiro atoms. The molecular weight excluding hydrogens is 208 g/mol. The maximum absolute atomic E-state index is 6.17. The van der Waals surface area contributed by atoms with Gasteiger partial charge < -0.3 is 5.73 Å². The van der Waals surface area contributed by atoms with Crippen LogP contribution in [0.25, 0.3) is 0 Å². The molecule has 0 aromatic rings. The van der Waals surface area contributed by atoms with E-state index in [1.807, 2.05) is 0 Å². The Kier molecular flexibility index (Phi) is 5.03. The molecule has 0 amide bonds. The minimum absolute atomic E-state index is 0.248. The van der Waals surface area contributed by atoms with Crippen LogP contribution < -0.4 is 5.73 Å². The summed E-state index contributed by atoms with van der Waals surface area (Å²) in [6.07, 6.45) is 7.81. The molecule has 2 N–H and O–H groups in total. The summed E-state index contributed by atoms with van der Waals surface area (Å²) < 4.78 is 0. The number of likely N-dealkylation sites (N-methyl/N-ethyl adjacent to an activating group) is 1. The third-order valence-electron chi connectivity index (χ3n) is 5.37. The van der Waals surface area contributed by atoms with E-state index in [2.05, 4.69) is 39.6 Å². The van der Waals surface area contributed by atoms with Crippen molar-refractivity contribution in [3.05, 3.63) is 0 Å². The van der Waals surface area contributed by atoms with Crippen LogP contribution in [0, 0.1) is 5.92 Å². The molecule has 1 saturated carbocycles. The Morgan fingerprint density at radius 3 is 2.47 bits per heavy atom. The summed E-state index contributed by atoms with van der Waals surface area (Å²) in [5.74, 6) is 0.877. The maximum Gasteiger partial charge on any atom is 0.0336 e. The van der Waals surface area contributed by atoms with E-state index in [0.717, 1.165) is 12.5 Å². The van der Waals surface area contributed by atoms with Crippen LogP contribution in [-0.4, -0.2) is 29.6 Å². The largest absolute Gasteiger partial charge is 0.329 e. The average molecular weight is 240 g/mol. The van der Waals surface area contributed by atoms with E-state index in [0.29, 0.717) is 0 Å². The van der Waals surface area contributed by atoms with Crippen LogP contribution in [0.2, 0.25) is 0 Å². The van der Waals surface area contributed by atoms with Gasteiger partial charge in [0.05, 0.1) is 0 Å². The van der Waals surface area contributed by atoms with Gasteiger partial charge in [0.15, 0.2) is 0 Å². The minimum atomic E-state index is 0.248. The first-order valence-electron chi connectivity index (χ1n) is 7.36. The average Bonchev–Trinajstić information content (AvgIpc) is 2.37. The first kappa shape index (κ1) is 15.0. The molecule has 0 radical (unpaired) electrons. The van der Waals surface area contributed by atoms with Gasteiger partial charge in [-0.2, -0.15) is 0 Å². The number of nitrogens with zero attached hydrogens (tertiary/aromatic N) is 1. The molecule has 2 atom stereocenters. The highest BCUT2D eigenvalue weighted by Crippen LogP contribution is 2.40. The quantitative estimate of drug-likeness (QED) is 0.798. The summed E-state index contributed by atoms with van der Waals surface area (Å²) in [5, 5.41) is 0. The van der Waals surface area contributed by atoms with Crippen LogP contribution in [0.4, 0.5) is 0 Å². The Labute approximate surface area is 108 Å². The van der Waals surface area contributed by atoms with Crippen molar-refractivity contribution in [3.8, 4) is 0 Å². The Balaban J connectivity index is 2.87. The zero-order valence-corrected chi connectivity index (χ0v) is 12.6. The summed E-state index contributed by atoms with van der Waals surface area (Å²) in [7, 11) is 2.29. The zero-order chi connectivity index (χ0) is 13.1. The molecule has 0 heterocycles. The molecule has 1 rings (SSSR count). The third-order valence-corrected chi connectivity index (χ3v) is 5.37. The first-order chi connectivity index (χ1) is 7.91. The van der Waals surface area contributed by atoms with Crippen LogP contribution in [0.15, 0.2) is 0 Å². The van der Waals surface area contributed by atoms with Gasteiger partial charge in [-0.1, -0.05) is 33.1 Å². The molecule has 17 heavy (non-hydrogen) atoms. The van der Waals surface area contributed by atoms with E-state index in [1.165, 1.54) is 38.5 Å². The smallest absolute Gasteiger partial charge is 0.0336 e. The van der Waals surface area contributed by atoms with E-state index in [4.69, 9.17) is 5.73 Å². The van der Waals surface area contributed by atoms with Crippen molar-refractivity contribution in [3.63, 3.8) is 0 Å². The molecule has 2 nitrogen and oxygen atoms in total. The predicted octanol–water partition coefficient (Wildman–Crippen LogP) is 3.40. The molecule has 2 unspecified atom stereocenters. The molecule has 1 fully saturated rings. The fraction of sp³-hybridized carbons (Fsp3) is 1.00. The van der Waals surface area contributed by atoms with Crippen molar-refractivity contribution in [1.82, 2.24) is 4.90 Å². The van der Waals surface area contributed by atoms with Crippen molar-refractivity contribution in [2.75, 3.05) is 13.6 Å². The molecule has 0 bridgehead atoms. The molecule has 1 aliphatic carbocycles. The zero-order valence-electron chi connectivity index (χ0n) is 12.6. The predicted molar refractivity (Wildman–Crippen MR) is 76.2 cm³/mol. The van der Waals surface area contributed by atoms with Crippen molar-refractivity contribution in [2.24, 2.45) is 11.7 Å². The van der Waals surface area contributed by atoms with Crippen LogP contribution >= 0.6 is 0 Å². The highest BCUT2D eigenvalue weighted by Gasteiger charge is 2.42. The monoisotopic (exact) mass is 240 g/mol. The lowest BCUT2D eigenvalue weighted by Crippen LogP contribution is -2.61. The molecule has 0 aromatic heterocycles. The van der Waals surface area contributed by atoms with Crippen LogP contribution in [0.3, 0.4) is 0 Å². The van der Waals surface area contributed by atoms with E-state index in [9.17, 15) is 0 Å². The lowest BCUT2D eigenvalue weighted by Gasteiger charge is -2.53. The fourth-order valence-electron chi connectivity index (χ4n) is 3.32. The first-order valence-corrected chi connectivity index (χ1v) is 7.36. The van der Waals surface area contributed by atoms with Gasteiger partial charge in [0.2, 0.25) is 0 Å². The molecule has 0 aromatic carbocycles. The van der Waals surface area contributed by atoms with Crippen LogP contribution in [0.1, 0.15) is 66.2 Å².